The molecule has 0 saturated carbocycles. The Bertz CT molecular complexity index is 168. The van der Waals surface area contributed by atoms with Crippen molar-refractivity contribution in [2.45, 2.75) is 0 Å². The standard InChI is InChI=1S/C8H12N2/c1-9-7-3-5-8(10-2)6-4-7/h3-6,9-10H,1-2H3/p+1. The minimum absolute atomic E-state index is 1.16. The Hall–Kier alpha value is -1.02. The van der Waals surface area contributed by atoms with Crippen LogP contribution in [-0.2, 0) is 0 Å². The van der Waals surface area contributed by atoms with Crippen LogP contribution in [0.15, 0.2) is 24.3 Å². The molecule has 0 atom stereocenters. The lowest BCUT2D eigenvalue weighted by molar-refractivity contribution is -0.539. The van der Waals surface area contributed by atoms with Gasteiger partial charge < -0.3 is 10.6 Å². The molecule has 10 heavy (non-hydrogen) atoms. The Morgan fingerprint density at radius 1 is 1.20 bits per heavy atom. The van der Waals surface area contributed by atoms with E-state index in [-0.39, 0.29) is 0 Å². The van der Waals surface area contributed by atoms with Crippen molar-refractivity contribution in [3.05, 3.63) is 24.3 Å². The molecule has 0 amide bonds. The Labute approximate surface area is 61.3 Å². The lowest BCUT2D eigenvalue weighted by atomic mass is 10.3. The van der Waals surface area contributed by atoms with Crippen LogP contribution in [0.4, 0.5) is 11.4 Å². The summed E-state index contributed by atoms with van der Waals surface area (Å²) in [5.74, 6) is 0. The molecule has 2 heteroatoms. The van der Waals surface area contributed by atoms with Crippen LogP contribution in [-0.4, -0.2) is 14.1 Å². The maximum Gasteiger partial charge on any atom is 0.129 e. The molecule has 1 aromatic carbocycles. The lowest BCUT2D eigenvalue weighted by Gasteiger charge is -1.98. The third-order valence-corrected chi connectivity index (χ3v) is 1.53. The summed E-state index contributed by atoms with van der Waals surface area (Å²) in [6.07, 6.45) is 0. The van der Waals surface area contributed by atoms with Gasteiger partial charge in [0.05, 0.1) is 7.05 Å². The molecule has 0 unspecified atom stereocenters. The van der Waals surface area contributed by atoms with Gasteiger partial charge in [-0.15, -0.1) is 0 Å². The van der Waals surface area contributed by atoms with Gasteiger partial charge in [-0.2, -0.15) is 0 Å². The van der Waals surface area contributed by atoms with Crippen molar-refractivity contribution in [1.29, 1.82) is 0 Å². The summed E-state index contributed by atoms with van der Waals surface area (Å²) < 4.78 is 0. The number of rotatable bonds is 2. The van der Waals surface area contributed by atoms with Crippen molar-refractivity contribution in [1.82, 2.24) is 0 Å². The predicted molar refractivity (Wildman–Crippen MR) is 43.5 cm³/mol. The number of nitrogens with one attached hydrogen (secondary N) is 1. The molecular weight excluding hydrogens is 124 g/mol. The monoisotopic (exact) mass is 137 g/mol. The van der Waals surface area contributed by atoms with E-state index in [1.807, 2.05) is 14.1 Å². The average Bonchev–Trinajstić information content (AvgIpc) is 2.05. The van der Waals surface area contributed by atoms with E-state index in [0.29, 0.717) is 0 Å². The molecule has 1 aromatic rings. The van der Waals surface area contributed by atoms with E-state index in [2.05, 4.69) is 34.9 Å². The number of hydrogen-bond acceptors (Lipinski definition) is 1. The van der Waals surface area contributed by atoms with Crippen LogP contribution in [0, 0.1) is 0 Å². The normalized spacial score (nSPS) is 9.40. The molecule has 0 saturated heterocycles. The van der Waals surface area contributed by atoms with Gasteiger partial charge in [-0.1, -0.05) is 0 Å². The van der Waals surface area contributed by atoms with Gasteiger partial charge in [-0.05, 0) is 12.1 Å². The van der Waals surface area contributed by atoms with Gasteiger partial charge in [-0.3, -0.25) is 0 Å². The summed E-state index contributed by atoms with van der Waals surface area (Å²) in [7, 11) is 3.96. The SMILES string of the molecule is CNc1ccc([NH2+]C)cc1. The molecule has 0 aliphatic heterocycles. The Kier molecular flexibility index (Phi) is 2.29. The molecule has 0 aromatic heterocycles. The summed E-state index contributed by atoms with van der Waals surface area (Å²) in [4.78, 5) is 0. The van der Waals surface area contributed by atoms with Crippen LogP contribution in [0.2, 0.25) is 0 Å². The first-order chi connectivity index (χ1) is 4.86. The van der Waals surface area contributed by atoms with Gasteiger partial charge >= 0.3 is 0 Å². The van der Waals surface area contributed by atoms with E-state index in [0.717, 1.165) is 5.69 Å². The van der Waals surface area contributed by atoms with Crippen molar-refractivity contribution in [2.75, 3.05) is 19.4 Å². The largest absolute Gasteiger partial charge is 0.388 e. The van der Waals surface area contributed by atoms with E-state index < -0.39 is 0 Å². The second kappa shape index (κ2) is 3.22. The van der Waals surface area contributed by atoms with E-state index in [1.54, 1.807) is 0 Å². The molecule has 0 radical (unpaired) electrons. The van der Waals surface area contributed by atoms with Crippen molar-refractivity contribution >= 4 is 11.4 Å². The van der Waals surface area contributed by atoms with E-state index in [4.69, 9.17) is 0 Å². The van der Waals surface area contributed by atoms with Crippen LogP contribution in [0.3, 0.4) is 0 Å². The van der Waals surface area contributed by atoms with Crippen molar-refractivity contribution < 1.29 is 5.32 Å². The van der Waals surface area contributed by atoms with E-state index in [9.17, 15) is 0 Å². The molecule has 54 valence electrons. The second-order valence-electron chi connectivity index (χ2n) is 2.16. The first-order valence-corrected chi connectivity index (χ1v) is 3.44. The predicted octanol–water partition coefficient (Wildman–Crippen LogP) is 0.553. The third-order valence-electron chi connectivity index (χ3n) is 1.53. The smallest absolute Gasteiger partial charge is 0.129 e. The molecule has 0 heterocycles. The zero-order chi connectivity index (χ0) is 7.40. The van der Waals surface area contributed by atoms with Crippen LogP contribution in [0.1, 0.15) is 0 Å². The van der Waals surface area contributed by atoms with E-state index in [1.165, 1.54) is 5.69 Å². The molecule has 3 N–H and O–H groups in total. The maximum atomic E-state index is 3.06. The quantitative estimate of drug-likeness (QED) is 0.573. The fourth-order valence-corrected chi connectivity index (χ4v) is 0.842. The molecule has 0 aliphatic carbocycles. The number of benzene rings is 1. The Balaban J connectivity index is 2.80. The molecule has 1 rings (SSSR count). The van der Waals surface area contributed by atoms with E-state index >= 15 is 0 Å². The molecule has 0 spiro atoms. The molecule has 0 aliphatic rings. The van der Waals surface area contributed by atoms with Gasteiger partial charge in [-0.25, -0.2) is 0 Å². The van der Waals surface area contributed by atoms with Crippen molar-refractivity contribution in [2.24, 2.45) is 0 Å². The first-order valence-electron chi connectivity index (χ1n) is 3.44. The summed E-state index contributed by atoms with van der Waals surface area (Å²) in [6, 6.07) is 8.31. The first kappa shape index (κ1) is 7.09. The Morgan fingerprint density at radius 3 is 2.20 bits per heavy atom. The average molecular weight is 137 g/mol. The second-order valence-corrected chi connectivity index (χ2v) is 2.16. The summed E-state index contributed by atoms with van der Waals surface area (Å²) >= 11 is 0. The van der Waals surface area contributed by atoms with Gasteiger partial charge in [0.1, 0.15) is 5.69 Å². The van der Waals surface area contributed by atoms with Crippen LogP contribution < -0.4 is 10.6 Å². The van der Waals surface area contributed by atoms with Crippen molar-refractivity contribution in [3.8, 4) is 0 Å². The highest BCUT2D eigenvalue weighted by Crippen LogP contribution is 2.07. The highest BCUT2D eigenvalue weighted by molar-refractivity contribution is 5.47. The fourth-order valence-electron chi connectivity index (χ4n) is 0.842. The van der Waals surface area contributed by atoms with Gasteiger partial charge in [0.25, 0.3) is 0 Å². The van der Waals surface area contributed by atoms with Crippen LogP contribution in [0.5, 0.6) is 0 Å². The van der Waals surface area contributed by atoms with Crippen molar-refractivity contribution in [3.63, 3.8) is 0 Å². The fraction of sp³-hybridized carbons (Fsp3) is 0.250. The number of quaternary nitrogens is 1. The van der Waals surface area contributed by atoms with Gasteiger partial charge in [0, 0.05) is 24.9 Å². The molecule has 0 fully saturated rings. The molecular formula is C8H13N2+. The highest BCUT2D eigenvalue weighted by Gasteiger charge is 1.90. The summed E-state index contributed by atoms with van der Waals surface area (Å²) in [6.45, 7) is 0. The van der Waals surface area contributed by atoms with Gasteiger partial charge in [0.15, 0.2) is 0 Å². The highest BCUT2D eigenvalue weighted by atomic mass is 14.8. The molecule has 0 bridgehead atoms. The van der Waals surface area contributed by atoms with Crippen LogP contribution in [0.25, 0.3) is 0 Å². The third kappa shape index (κ3) is 1.48. The lowest BCUT2D eigenvalue weighted by Crippen LogP contribution is -2.72. The minimum atomic E-state index is 1.16. The number of hydrogen-bond donors (Lipinski definition) is 2. The van der Waals surface area contributed by atoms with Crippen LogP contribution >= 0.6 is 0 Å². The number of anilines is 1. The molecule has 2 nitrogen and oxygen atoms in total. The van der Waals surface area contributed by atoms with Gasteiger partial charge in [0.2, 0.25) is 0 Å². The minimum Gasteiger partial charge on any atom is -0.388 e. The number of nitrogens with two attached hydrogens (primary N) is 1. The summed E-state index contributed by atoms with van der Waals surface area (Å²) in [5.41, 5.74) is 2.42. The summed E-state index contributed by atoms with van der Waals surface area (Å²) in [5, 5.41) is 5.15. The zero-order valence-electron chi connectivity index (χ0n) is 6.39. The zero-order valence-corrected chi connectivity index (χ0v) is 6.39. The maximum absolute atomic E-state index is 3.06. The Morgan fingerprint density at radius 2 is 1.80 bits per heavy atom. The topological polar surface area (TPSA) is 28.6 Å².